The van der Waals surface area contributed by atoms with Crippen molar-refractivity contribution in [2.45, 2.75) is 6.42 Å². The van der Waals surface area contributed by atoms with Crippen molar-refractivity contribution >= 4 is 17.5 Å². The number of nitrogens with one attached hydrogen (secondary N) is 1. The molecule has 0 bridgehead atoms. The normalized spacial score (nSPS) is 9.75. The van der Waals surface area contributed by atoms with Gasteiger partial charge in [0.05, 0.1) is 5.56 Å². The van der Waals surface area contributed by atoms with Crippen LogP contribution in [-0.4, -0.2) is 9.97 Å². The average molecular weight is 186 g/mol. The Morgan fingerprint density at radius 2 is 2.42 bits per heavy atom. The zero-order chi connectivity index (χ0) is 9.14. The van der Waals surface area contributed by atoms with Crippen molar-refractivity contribution in [3.05, 3.63) is 33.7 Å². The van der Waals surface area contributed by atoms with Crippen molar-refractivity contribution in [2.75, 3.05) is 5.73 Å². The second-order valence-corrected chi connectivity index (χ2v) is 2.57. The molecule has 3 N–H and O–H groups in total. The largest absolute Gasteiger partial charge is 0.369 e. The summed E-state index contributed by atoms with van der Waals surface area (Å²) in [6, 6.07) is 0. The van der Waals surface area contributed by atoms with Crippen molar-refractivity contribution in [1.82, 2.24) is 9.97 Å². The lowest BCUT2D eigenvalue weighted by Gasteiger charge is -1.98. The summed E-state index contributed by atoms with van der Waals surface area (Å²) in [5, 5.41) is 0.135. The molecule has 0 radical (unpaired) electrons. The van der Waals surface area contributed by atoms with Crippen molar-refractivity contribution < 1.29 is 0 Å². The van der Waals surface area contributed by atoms with Crippen LogP contribution in [0.25, 0.3) is 0 Å². The maximum absolute atomic E-state index is 11.1. The number of H-pyrrole nitrogens is 1. The lowest BCUT2D eigenvalue weighted by molar-refractivity contribution is 1.06. The van der Waals surface area contributed by atoms with E-state index in [2.05, 4.69) is 16.5 Å². The van der Waals surface area contributed by atoms with Crippen molar-refractivity contribution in [1.29, 1.82) is 0 Å². The fourth-order valence-corrected chi connectivity index (χ4v) is 1.06. The molecule has 0 saturated heterocycles. The van der Waals surface area contributed by atoms with E-state index in [1.54, 1.807) is 6.08 Å². The van der Waals surface area contributed by atoms with E-state index in [1.165, 1.54) is 0 Å². The molecule has 0 aliphatic heterocycles. The van der Waals surface area contributed by atoms with E-state index in [1.807, 2.05) is 0 Å². The Morgan fingerprint density at radius 1 is 1.75 bits per heavy atom. The minimum Gasteiger partial charge on any atom is -0.369 e. The second-order valence-electron chi connectivity index (χ2n) is 2.21. The standard InChI is InChI=1S/C7H8ClN3O/c1-2-3-4-5(8)10-7(9)11-6(4)12/h2H,1,3H2,(H3,9,10,11,12). The number of allylic oxidation sites excluding steroid dienone is 1. The molecule has 64 valence electrons. The first-order valence-corrected chi connectivity index (χ1v) is 3.68. The molecule has 0 unspecified atom stereocenters. The number of aromatic amines is 1. The number of nitrogens with two attached hydrogens (primary N) is 1. The number of rotatable bonds is 2. The number of anilines is 1. The summed E-state index contributed by atoms with van der Waals surface area (Å²) in [4.78, 5) is 17.2. The second kappa shape index (κ2) is 3.40. The summed E-state index contributed by atoms with van der Waals surface area (Å²) in [5.41, 5.74) is 5.32. The topological polar surface area (TPSA) is 71.8 Å². The highest BCUT2D eigenvalue weighted by molar-refractivity contribution is 6.30. The predicted octanol–water partition coefficient (Wildman–Crippen LogP) is 0.734. The molecule has 1 aromatic rings. The number of hydrogen-bond donors (Lipinski definition) is 2. The molecule has 1 heterocycles. The van der Waals surface area contributed by atoms with E-state index in [9.17, 15) is 4.79 Å². The lowest BCUT2D eigenvalue weighted by atomic mass is 10.2. The number of nitrogens with zero attached hydrogens (tertiary/aromatic N) is 1. The molecule has 0 amide bonds. The number of halogens is 1. The molecule has 0 saturated carbocycles. The van der Waals surface area contributed by atoms with E-state index in [-0.39, 0.29) is 16.7 Å². The van der Waals surface area contributed by atoms with Crippen LogP contribution in [0, 0.1) is 0 Å². The Labute approximate surface area is 74.1 Å². The molecule has 12 heavy (non-hydrogen) atoms. The van der Waals surface area contributed by atoms with Gasteiger partial charge in [0.2, 0.25) is 5.95 Å². The van der Waals surface area contributed by atoms with Gasteiger partial charge in [-0.15, -0.1) is 6.58 Å². The van der Waals surface area contributed by atoms with Crippen LogP contribution in [0.15, 0.2) is 17.4 Å². The number of nitrogen functional groups attached to an aromatic ring is 1. The van der Waals surface area contributed by atoms with Crippen LogP contribution in [0.1, 0.15) is 5.56 Å². The van der Waals surface area contributed by atoms with Crippen LogP contribution < -0.4 is 11.3 Å². The van der Waals surface area contributed by atoms with Crippen LogP contribution in [-0.2, 0) is 6.42 Å². The summed E-state index contributed by atoms with van der Waals surface area (Å²) in [6.45, 7) is 3.49. The Kier molecular flexibility index (Phi) is 2.50. The Bertz CT molecular complexity index is 358. The first-order chi connectivity index (χ1) is 5.65. The van der Waals surface area contributed by atoms with Crippen LogP contribution in [0.5, 0.6) is 0 Å². The molecule has 4 nitrogen and oxygen atoms in total. The van der Waals surface area contributed by atoms with Crippen molar-refractivity contribution in [3.63, 3.8) is 0 Å². The molecule has 0 atom stereocenters. The highest BCUT2D eigenvalue weighted by Gasteiger charge is 2.05. The van der Waals surface area contributed by atoms with Crippen LogP contribution >= 0.6 is 11.6 Å². The Morgan fingerprint density at radius 3 is 2.92 bits per heavy atom. The fraction of sp³-hybridized carbons (Fsp3) is 0.143. The van der Waals surface area contributed by atoms with E-state index >= 15 is 0 Å². The summed E-state index contributed by atoms with van der Waals surface area (Å²) in [5.74, 6) is 0.0258. The predicted molar refractivity (Wildman–Crippen MR) is 48.2 cm³/mol. The van der Waals surface area contributed by atoms with Crippen LogP contribution in [0.3, 0.4) is 0 Å². The summed E-state index contributed by atoms with van der Waals surface area (Å²) >= 11 is 5.65. The quantitative estimate of drug-likeness (QED) is 0.527. The third-order valence-corrected chi connectivity index (χ3v) is 1.64. The maximum Gasteiger partial charge on any atom is 0.257 e. The van der Waals surface area contributed by atoms with Gasteiger partial charge in [0.25, 0.3) is 5.56 Å². The zero-order valence-electron chi connectivity index (χ0n) is 6.30. The van der Waals surface area contributed by atoms with Gasteiger partial charge in [0.15, 0.2) is 0 Å². The smallest absolute Gasteiger partial charge is 0.257 e. The molecule has 0 aromatic carbocycles. The van der Waals surface area contributed by atoms with Gasteiger partial charge in [0.1, 0.15) is 5.15 Å². The molecule has 0 fully saturated rings. The van der Waals surface area contributed by atoms with Gasteiger partial charge in [0, 0.05) is 0 Å². The molecule has 1 aromatic heterocycles. The molecule has 1 rings (SSSR count). The van der Waals surface area contributed by atoms with Gasteiger partial charge in [-0.05, 0) is 6.42 Å². The van der Waals surface area contributed by atoms with E-state index in [0.717, 1.165) is 0 Å². The number of hydrogen-bond acceptors (Lipinski definition) is 3. The van der Waals surface area contributed by atoms with Gasteiger partial charge in [-0.3, -0.25) is 9.78 Å². The molecule has 0 spiro atoms. The van der Waals surface area contributed by atoms with Gasteiger partial charge in [-0.2, -0.15) is 0 Å². The van der Waals surface area contributed by atoms with Gasteiger partial charge >= 0.3 is 0 Å². The van der Waals surface area contributed by atoms with Gasteiger partial charge in [-0.25, -0.2) is 4.98 Å². The fourth-order valence-electron chi connectivity index (χ4n) is 0.808. The van der Waals surface area contributed by atoms with Gasteiger partial charge in [-0.1, -0.05) is 17.7 Å². The van der Waals surface area contributed by atoms with Crippen molar-refractivity contribution in [2.24, 2.45) is 0 Å². The maximum atomic E-state index is 11.1. The van der Waals surface area contributed by atoms with E-state index < -0.39 is 0 Å². The lowest BCUT2D eigenvalue weighted by Crippen LogP contribution is -2.16. The average Bonchev–Trinajstić information content (AvgIpc) is 1.96. The van der Waals surface area contributed by atoms with Crippen molar-refractivity contribution in [3.8, 4) is 0 Å². The molecular formula is C7H8ClN3O. The summed E-state index contributed by atoms with van der Waals surface area (Å²) in [6.07, 6.45) is 1.97. The third-order valence-electron chi connectivity index (χ3n) is 1.33. The monoisotopic (exact) mass is 185 g/mol. The first kappa shape index (κ1) is 8.80. The highest BCUT2D eigenvalue weighted by Crippen LogP contribution is 2.09. The van der Waals surface area contributed by atoms with Crippen LogP contribution in [0.4, 0.5) is 5.95 Å². The van der Waals surface area contributed by atoms with Gasteiger partial charge < -0.3 is 5.73 Å². The summed E-state index contributed by atoms with van der Waals surface area (Å²) in [7, 11) is 0. The molecular weight excluding hydrogens is 178 g/mol. The van der Waals surface area contributed by atoms with Crippen LogP contribution in [0.2, 0.25) is 5.15 Å². The Balaban J connectivity index is 3.28. The molecule has 0 aliphatic carbocycles. The SMILES string of the molecule is C=CCc1c(Cl)nc(N)[nH]c1=O. The zero-order valence-corrected chi connectivity index (χ0v) is 7.06. The van der Waals surface area contributed by atoms with E-state index in [4.69, 9.17) is 17.3 Å². The first-order valence-electron chi connectivity index (χ1n) is 3.30. The minimum atomic E-state index is -0.313. The Hall–Kier alpha value is -1.29. The number of aromatic nitrogens is 2. The molecule has 5 heteroatoms. The third kappa shape index (κ3) is 1.65. The van der Waals surface area contributed by atoms with E-state index in [0.29, 0.717) is 12.0 Å². The summed E-state index contributed by atoms with van der Waals surface area (Å²) < 4.78 is 0. The highest BCUT2D eigenvalue weighted by atomic mass is 35.5. The molecule has 0 aliphatic rings. The minimum absolute atomic E-state index is 0.0258.